The molecule has 33 heavy (non-hydrogen) atoms. The number of para-hydroxylation sites is 1. The molecule has 1 aliphatic rings. The molecule has 0 spiro atoms. The van der Waals surface area contributed by atoms with Crippen LogP contribution in [0.25, 0.3) is 20.9 Å². The second-order valence-corrected chi connectivity index (χ2v) is 9.01. The molecule has 1 atom stereocenters. The number of carbonyl (C=O) groups is 1. The lowest BCUT2D eigenvalue weighted by molar-refractivity contribution is 0.0933. The molecule has 0 bridgehead atoms. The van der Waals surface area contributed by atoms with Crippen molar-refractivity contribution >= 4 is 27.5 Å². The van der Waals surface area contributed by atoms with Crippen molar-refractivity contribution in [2.45, 2.75) is 18.9 Å². The third-order valence-electron chi connectivity index (χ3n) is 5.95. The van der Waals surface area contributed by atoms with Gasteiger partial charge in [0, 0.05) is 18.9 Å². The van der Waals surface area contributed by atoms with E-state index in [9.17, 15) is 4.79 Å². The molecule has 1 N–H and O–H groups in total. The minimum Gasteiger partial charge on any atom is -0.497 e. The van der Waals surface area contributed by atoms with Crippen LogP contribution in [0.4, 0.5) is 0 Å². The van der Waals surface area contributed by atoms with Crippen LogP contribution in [-0.4, -0.2) is 52.5 Å². The quantitative estimate of drug-likeness (QED) is 0.443. The summed E-state index contributed by atoms with van der Waals surface area (Å²) in [6, 6.07) is 16.1. The summed E-state index contributed by atoms with van der Waals surface area (Å²) in [5, 5.41) is 3.80. The molecule has 7 nitrogen and oxygen atoms in total. The number of amides is 1. The molecule has 1 aliphatic heterocycles. The fraction of sp³-hybridized carbons (Fsp3) is 0.280. The molecule has 4 aromatic rings. The van der Waals surface area contributed by atoms with Crippen molar-refractivity contribution in [2.75, 3.05) is 26.7 Å². The van der Waals surface area contributed by atoms with E-state index in [1.807, 2.05) is 36.4 Å². The van der Waals surface area contributed by atoms with E-state index in [0.717, 1.165) is 34.6 Å². The van der Waals surface area contributed by atoms with Gasteiger partial charge in [0.1, 0.15) is 16.5 Å². The summed E-state index contributed by atoms with van der Waals surface area (Å²) >= 11 is 1.51. The maximum Gasteiger partial charge on any atom is 0.272 e. The van der Waals surface area contributed by atoms with Crippen molar-refractivity contribution in [3.05, 3.63) is 72.2 Å². The Morgan fingerprint density at radius 2 is 1.85 bits per heavy atom. The van der Waals surface area contributed by atoms with Gasteiger partial charge < -0.3 is 10.1 Å². The van der Waals surface area contributed by atoms with E-state index in [0.29, 0.717) is 22.9 Å². The SMILES string of the molecule is COc1ccc(C(CNC(=O)c2nccnc2-c2nc3ccccc3s2)N2CCCC2)cc1. The van der Waals surface area contributed by atoms with E-state index >= 15 is 0 Å². The highest BCUT2D eigenvalue weighted by Gasteiger charge is 2.25. The van der Waals surface area contributed by atoms with Crippen LogP contribution in [0, 0.1) is 0 Å². The van der Waals surface area contributed by atoms with Crippen LogP contribution in [0.1, 0.15) is 34.9 Å². The zero-order valence-electron chi connectivity index (χ0n) is 18.4. The average Bonchev–Trinajstić information content (AvgIpc) is 3.55. The lowest BCUT2D eigenvalue weighted by atomic mass is 10.0. The number of benzene rings is 2. The van der Waals surface area contributed by atoms with Gasteiger partial charge in [0.05, 0.1) is 23.4 Å². The van der Waals surface area contributed by atoms with Crippen molar-refractivity contribution in [3.63, 3.8) is 0 Å². The maximum absolute atomic E-state index is 13.2. The third kappa shape index (κ3) is 4.58. The van der Waals surface area contributed by atoms with Crippen LogP contribution in [0.15, 0.2) is 60.9 Å². The third-order valence-corrected chi connectivity index (χ3v) is 6.99. The molecule has 2 aromatic carbocycles. The molecule has 8 heteroatoms. The van der Waals surface area contributed by atoms with Crippen molar-refractivity contribution in [1.82, 2.24) is 25.2 Å². The van der Waals surface area contributed by atoms with Crippen LogP contribution in [-0.2, 0) is 0 Å². The Balaban J connectivity index is 1.38. The van der Waals surface area contributed by atoms with E-state index in [-0.39, 0.29) is 11.9 Å². The first-order chi connectivity index (χ1) is 16.2. The Kier molecular flexibility index (Phi) is 6.28. The minimum absolute atomic E-state index is 0.0879. The minimum atomic E-state index is -0.241. The number of nitrogens with one attached hydrogen (secondary N) is 1. The number of nitrogens with zero attached hydrogens (tertiary/aromatic N) is 4. The zero-order valence-corrected chi connectivity index (χ0v) is 19.2. The molecular formula is C25H25N5O2S. The molecule has 5 rings (SSSR count). The number of hydrogen-bond donors (Lipinski definition) is 1. The summed E-state index contributed by atoms with van der Waals surface area (Å²) < 4.78 is 6.36. The Labute approximate surface area is 196 Å². The van der Waals surface area contributed by atoms with Gasteiger partial charge in [-0.3, -0.25) is 9.69 Å². The highest BCUT2D eigenvalue weighted by molar-refractivity contribution is 7.21. The summed E-state index contributed by atoms with van der Waals surface area (Å²) in [6.45, 7) is 2.53. The normalized spacial score (nSPS) is 14.9. The van der Waals surface area contributed by atoms with Crippen molar-refractivity contribution in [2.24, 2.45) is 0 Å². The number of fused-ring (bicyclic) bond motifs is 1. The number of likely N-dealkylation sites (tertiary alicyclic amines) is 1. The zero-order chi connectivity index (χ0) is 22.6. The van der Waals surface area contributed by atoms with E-state index < -0.39 is 0 Å². The highest BCUT2D eigenvalue weighted by atomic mass is 32.1. The molecule has 1 saturated heterocycles. The van der Waals surface area contributed by atoms with Gasteiger partial charge in [-0.2, -0.15) is 0 Å². The van der Waals surface area contributed by atoms with Gasteiger partial charge in [0.15, 0.2) is 5.69 Å². The van der Waals surface area contributed by atoms with Gasteiger partial charge in [-0.05, 0) is 55.8 Å². The Morgan fingerprint density at radius 1 is 1.09 bits per heavy atom. The first-order valence-electron chi connectivity index (χ1n) is 11.1. The van der Waals surface area contributed by atoms with Crippen LogP contribution < -0.4 is 10.1 Å². The number of thiazole rings is 1. The van der Waals surface area contributed by atoms with Crippen molar-refractivity contribution in [3.8, 4) is 16.5 Å². The number of ether oxygens (including phenoxy) is 1. The van der Waals surface area contributed by atoms with E-state index in [1.54, 1.807) is 19.5 Å². The standard InChI is InChI=1S/C25H25N5O2S/c1-32-18-10-8-17(9-11-18)20(30-14-4-5-15-30)16-28-24(31)22-23(27-13-12-26-22)25-29-19-6-2-3-7-21(19)33-25/h2-3,6-13,20H,4-5,14-16H2,1H3,(H,28,31). The van der Waals surface area contributed by atoms with Gasteiger partial charge in [0.25, 0.3) is 5.91 Å². The lowest BCUT2D eigenvalue weighted by Gasteiger charge is -2.28. The molecule has 1 unspecified atom stereocenters. The predicted molar refractivity (Wildman–Crippen MR) is 130 cm³/mol. The fourth-order valence-electron chi connectivity index (χ4n) is 4.24. The fourth-order valence-corrected chi connectivity index (χ4v) is 5.21. The molecule has 1 amide bonds. The average molecular weight is 460 g/mol. The highest BCUT2D eigenvalue weighted by Crippen LogP contribution is 2.30. The summed E-state index contributed by atoms with van der Waals surface area (Å²) in [5.74, 6) is 0.582. The predicted octanol–water partition coefficient (Wildman–Crippen LogP) is 4.33. The van der Waals surface area contributed by atoms with Gasteiger partial charge in [-0.25, -0.2) is 15.0 Å². The van der Waals surface area contributed by atoms with Crippen LogP contribution in [0.3, 0.4) is 0 Å². The second-order valence-electron chi connectivity index (χ2n) is 7.98. The molecule has 168 valence electrons. The Bertz CT molecular complexity index is 1220. The summed E-state index contributed by atoms with van der Waals surface area (Å²) in [4.78, 5) is 29.1. The first kappa shape index (κ1) is 21.5. The van der Waals surface area contributed by atoms with E-state index in [1.165, 1.54) is 24.2 Å². The number of rotatable bonds is 7. The smallest absolute Gasteiger partial charge is 0.272 e. The molecule has 0 saturated carbocycles. The topological polar surface area (TPSA) is 80.2 Å². The van der Waals surface area contributed by atoms with Crippen LogP contribution in [0.5, 0.6) is 5.75 Å². The maximum atomic E-state index is 13.2. The first-order valence-corrected chi connectivity index (χ1v) is 11.9. The van der Waals surface area contributed by atoms with Gasteiger partial charge in [-0.1, -0.05) is 24.3 Å². The molecule has 2 aromatic heterocycles. The number of hydrogen-bond acceptors (Lipinski definition) is 7. The molecule has 0 radical (unpaired) electrons. The molecular weight excluding hydrogens is 434 g/mol. The van der Waals surface area contributed by atoms with Crippen LogP contribution >= 0.6 is 11.3 Å². The number of carbonyl (C=O) groups excluding carboxylic acids is 1. The second kappa shape index (κ2) is 9.64. The summed E-state index contributed by atoms with van der Waals surface area (Å²) in [6.07, 6.45) is 5.49. The van der Waals surface area contributed by atoms with Crippen molar-refractivity contribution in [1.29, 1.82) is 0 Å². The summed E-state index contributed by atoms with van der Waals surface area (Å²) in [7, 11) is 1.66. The molecule has 3 heterocycles. The van der Waals surface area contributed by atoms with Crippen LogP contribution in [0.2, 0.25) is 0 Å². The number of aromatic nitrogens is 3. The number of methoxy groups -OCH3 is 1. The Morgan fingerprint density at radius 3 is 2.61 bits per heavy atom. The van der Waals surface area contributed by atoms with Gasteiger partial charge >= 0.3 is 0 Å². The largest absolute Gasteiger partial charge is 0.497 e. The Hall–Kier alpha value is -3.36. The lowest BCUT2D eigenvalue weighted by Crippen LogP contribution is -2.37. The molecule has 1 fully saturated rings. The monoisotopic (exact) mass is 459 g/mol. The van der Waals surface area contributed by atoms with Gasteiger partial charge in [0.2, 0.25) is 0 Å². The summed E-state index contributed by atoms with van der Waals surface area (Å²) in [5.41, 5.74) is 2.86. The van der Waals surface area contributed by atoms with Crippen molar-refractivity contribution < 1.29 is 9.53 Å². The van der Waals surface area contributed by atoms with Gasteiger partial charge in [-0.15, -0.1) is 11.3 Å². The van der Waals surface area contributed by atoms with E-state index in [4.69, 9.17) is 4.74 Å². The molecule has 0 aliphatic carbocycles. The van der Waals surface area contributed by atoms with E-state index in [2.05, 4.69) is 37.3 Å².